The molecule has 0 fully saturated rings. The highest BCUT2D eigenvalue weighted by atomic mass is 19.1. The first-order chi connectivity index (χ1) is 6.79. The maximum atomic E-state index is 12.2. The van der Waals surface area contributed by atoms with Gasteiger partial charge >= 0.3 is 0 Å². The highest BCUT2D eigenvalue weighted by molar-refractivity contribution is 5.40. The minimum absolute atomic E-state index is 0.191. The number of alkyl halides is 1. The van der Waals surface area contributed by atoms with Gasteiger partial charge in [0.25, 0.3) is 0 Å². The summed E-state index contributed by atoms with van der Waals surface area (Å²) in [5.41, 5.74) is 2.36. The molecule has 0 spiro atoms. The molecule has 14 heavy (non-hydrogen) atoms. The molecule has 0 saturated heterocycles. The highest BCUT2D eigenvalue weighted by Gasteiger charge is 2.13. The van der Waals surface area contributed by atoms with E-state index < -0.39 is 6.67 Å². The molecule has 1 aliphatic carbocycles. The smallest absolute Gasteiger partial charge is 0.149 e. The van der Waals surface area contributed by atoms with E-state index in [1.165, 1.54) is 5.56 Å². The Hall–Kier alpha value is -1.19. The number of anilines is 1. The highest BCUT2D eigenvalue weighted by Crippen LogP contribution is 2.21. The number of fused-ring (bicyclic) bond motifs is 1. The number of hydrogen-bond acceptors (Lipinski definition) is 3. The molecule has 0 saturated carbocycles. The van der Waals surface area contributed by atoms with Crippen LogP contribution in [0.2, 0.25) is 0 Å². The number of halogens is 1. The molecule has 0 unspecified atom stereocenters. The summed E-state index contributed by atoms with van der Waals surface area (Å²) in [6, 6.07) is 1.80. The topological polar surface area (TPSA) is 37.8 Å². The second-order valence-electron chi connectivity index (χ2n) is 3.75. The summed E-state index contributed by atoms with van der Waals surface area (Å²) in [6.45, 7) is 1.40. The molecular weight excluding hydrogens is 181 g/mol. The summed E-state index contributed by atoms with van der Waals surface area (Å²) in [5.74, 6) is 0.691. The van der Waals surface area contributed by atoms with Gasteiger partial charge in [-0.25, -0.2) is 4.39 Å². The van der Waals surface area contributed by atoms with Crippen LogP contribution in [-0.2, 0) is 12.8 Å². The quantitative estimate of drug-likeness (QED) is 0.798. The first-order valence-corrected chi connectivity index (χ1v) is 4.97. The number of aromatic nitrogens is 2. The van der Waals surface area contributed by atoms with Crippen molar-refractivity contribution in [3.8, 4) is 0 Å². The lowest BCUT2D eigenvalue weighted by atomic mass is 10.2. The van der Waals surface area contributed by atoms with Gasteiger partial charge in [-0.3, -0.25) is 0 Å². The Morgan fingerprint density at radius 2 is 2.36 bits per heavy atom. The number of nitrogens with zero attached hydrogens (tertiary/aromatic N) is 2. The molecule has 2 rings (SSSR count). The van der Waals surface area contributed by atoms with Crippen molar-refractivity contribution in [2.45, 2.75) is 32.2 Å². The van der Waals surface area contributed by atoms with Crippen molar-refractivity contribution >= 4 is 5.82 Å². The van der Waals surface area contributed by atoms with Crippen LogP contribution < -0.4 is 5.32 Å². The molecule has 0 aromatic carbocycles. The van der Waals surface area contributed by atoms with Crippen molar-refractivity contribution in [3.05, 3.63) is 17.3 Å². The van der Waals surface area contributed by atoms with Crippen molar-refractivity contribution in [3.63, 3.8) is 0 Å². The van der Waals surface area contributed by atoms with Gasteiger partial charge in [0.15, 0.2) is 0 Å². The van der Waals surface area contributed by atoms with Gasteiger partial charge in [0.2, 0.25) is 0 Å². The standard InChI is InChI=1S/C10H14FN3/c1-7(6-11)12-10-5-8-3-2-4-9(8)13-14-10/h5,7H,2-4,6H2,1H3,(H,12,14)/t7-/m0/s1. The fourth-order valence-corrected chi connectivity index (χ4v) is 1.69. The van der Waals surface area contributed by atoms with Gasteiger partial charge < -0.3 is 5.32 Å². The van der Waals surface area contributed by atoms with E-state index in [-0.39, 0.29) is 6.04 Å². The first-order valence-electron chi connectivity index (χ1n) is 4.97. The van der Waals surface area contributed by atoms with Crippen molar-refractivity contribution in [1.29, 1.82) is 0 Å². The lowest BCUT2D eigenvalue weighted by molar-refractivity contribution is 0.459. The van der Waals surface area contributed by atoms with E-state index in [9.17, 15) is 4.39 Å². The largest absolute Gasteiger partial charge is 0.363 e. The minimum atomic E-state index is -0.390. The molecule has 1 aliphatic rings. The fraction of sp³-hybridized carbons (Fsp3) is 0.600. The van der Waals surface area contributed by atoms with Gasteiger partial charge in [0.05, 0.1) is 11.7 Å². The van der Waals surface area contributed by atoms with Gasteiger partial charge in [-0.15, -0.1) is 5.10 Å². The van der Waals surface area contributed by atoms with Crippen molar-refractivity contribution < 1.29 is 4.39 Å². The normalized spacial score (nSPS) is 16.4. The van der Waals surface area contributed by atoms with E-state index in [4.69, 9.17) is 0 Å². The minimum Gasteiger partial charge on any atom is -0.363 e. The number of nitrogens with one attached hydrogen (secondary N) is 1. The summed E-state index contributed by atoms with van der Waals surface area (Å²) >= 11 is 0. The average molecular weight is 195 g/mol. The summed E-state index contributed by atoms with van der Waals surface area (Å²) in [5, 5.41) is 11.1. The fourth-order valence-electron chi connectivity index (χ4n) is 1.69. The SMILES string of the molecule is C[C@@H](CF)Nc1cc2c(nn1)CCC2. The van der Waals surface area contributed by atoms with E-state index in [0.717, 1.165) is 25.0 Å². The van der Waals surface area contributed by atoms with Gasteiger partial charge in [0.1, 0.15) is 12.5 Å². The average Bonchev–Trinajstić information content (AvgIpc) is 2.64. The van der Waals surface area contributed by atoms with Gasteiger partial charge in [-0.1, -0.05) is 0 Å². The van der Waals surface area contributed by atoms with Crippen LogP contribution in [0.3, 0.4) is 0 Å². The summed E-state index contributed by atoms with van der Waals surface area (Å²) in [7, 11) is 0. The Morgan fingerprint density at radius 1 is 1.50 bits per heavy atom. The lowest BCUT2D eigenvalue weighted by Gasteiger charge is -2.10. The maximum Gasteiger partial charge on any atom is 0.149 e. The molecular formula is C10H14FN3. The van der Waals surface area contributed by atoms with Crippen LogP contribution in [0.15, 0.2) is 6.07 Å². The number of hydrogen-bond donors (Lipinski definition) is 1. The molecule has 1 heterocycles. The molecule has 1 N–H and O–H groups in total. The van der Waals surface area contributed by atoms with E-state index in [1.807, 2.05) is 6.07 Å². The molecule has 1 atom stereocenters. The van der Waals surface area contributed by atoms with E-state index in [2.05, 4.69) is 15.5 Å². The third-order valence-electron chi connectivity index (χ3n) is 2.45. The Labute approximate surface area is 82.7 Å². The monoisotopic (exact) mass is 195 g/mol. The predicted octanol–water partition coefficient (Wildman–Crippen LogP) is 1.74. The summed E-state index contributed by atoms with van der Waals surface area (Å²) in [6.07, 6.45) is 3.26. The third kappa shape index (κ3) is 1.84. The molecule has 0 aliphatic heterocycles. The number of rotatable bonds is 3. The van der Waals surface area contributed by atoms with Gasteiger partial charge in [-0.05, 0) is 37.8 Å². The zero-order valence-electron chi connectivity index (χ0n) is 8.26. The van der Waals surface area contributed by atoms with Crippen LogP contribution in [0.1, 0.15) is 24.6 Å². The van der Waals surface area contributed by atoms with E-state index in [0.29, 0.717) is 5.82 Å². The Morgan fingerprint density at radius 3 is 3.14 bits per heavy atom. The number of aryl methyl sites for hydroxylation is 2. The zero-order chi connectivity index (χ0) is 9.97. The third-order valence-corrected chi connectivity index (χ3v) is 2.45. The van der Waals surface area contributed by atoms with Crippen LogP contribution in [0, 0.1) is 0 Å². The Bertz CT molecular complexity index is 327. The Balaban J connectivity index is 2.12. The summed E-state index contributed by atoms with van der Waals surface area (Å²) in [4.78, 5) is 0. The molecule has 3 nitrogen and oxygen atoms in total. The van der Waals surface area contributed by atoms with Gasteiger partial charge in [0, 0.05) is 0 Å². The van der Waals surface area contributed by atoms with Crippen molar-refractivity contribution in [2.75, 3.05) is 12.0 Å². The predicted molar refractivity (Wildman–Crippen MR) is 53.1 cm³/mol. The van der Waals surface area contributed by atoms with Crippen LogP contribution in [-0.4, -0.2) is 22.9 Å². The molecule has 4 heteroatoms. The van der Waals surface area contributed by atoms with E-state index in [1.54, 1.807) is 6.92 Å². The molecule has 0 bridgehead atoms. The molecule has 1 aromatic rings. The molecule has 1 aromatic heterocycles. The van der Waals surface area contributed by atoms with Crippen molar-refractivity contribution in [1.82, 2.24) is 10.2 Å². The summed E-state index contributed by atoms with van der Waals surface area (Å²) < 4.78 is 12.2. The van der Waals surface area contributed by atoms with Crippen LogP contribution in [0.4, 0.5) is 10.2 Å². The van der Waals surface area contributed by atoms with E-state index >= 15 is 0 Å². The second kappa shape index (κ2) is 3.90. The second-order valence-corrected chi connectivity index (χ2v) is 3.75. The lowest BCUT2D eigenvalue weighted by Crippen LogP contribution is -2.18. The molecule has 0 radical (unpaired) electrons. The molecule has 0 amide bonds. The maximum absolute atomic E-state index is 12.2. The van der Waals surface area contributed by atoms with Crippen LogP contribution >= 0.6 is 0 Å². The van der Waals surface area contributed by atoms with Crippen LogP contribution in [0.25, 0.3) is 0 Å². The first kappa shape index (κ1) is 9.37. The van der Waals surface area contributed by atoms with Crippen LogP contribution in [0.5, 0.6) is 0 Å². The van der Waals surface area contributed by atoms with Crippen molar-refractivity contribution in [2.24, 2.45) is 0 Å². The zero-order valence-corrected chi connectivity index (χ0v) is 8.26. The Kier molecular flexibility index (Phi) is 2.61. The molecule has 76 valence electrons. The van der Waals surface area contributed by atoms with Gasteiger partial charge in [-0.2, -0.15) is 5.10 Å².